The van der Waals surface area contributed by atoms with Gasteiger partial charge in [-0.25, -0.2) is 18.7 Å². The number of alkyl halides is 3. The molecule has 0 radical (unpaired) electrons. The van der Waals surface area contributed by atoms with Crippen LogP contribution in [-0.4, -0.2) is 48.5 Å². The molecule has 9 nitrogen and oxygen atoms in total. The number of hydrogen-bond acceptors (Lipinski definition) is 7. The van der Waals surface area contributed by atoms with Crippen LogP contribution in [0.5, 0.6) is 5.75 Å². The fourth-order valence-electron chi connectivity index (χ4n) is 4.92. The Morgan fingerprint density at radius 2 is 1.89 bits per heavy atom. The first-order chi connectivity index (χ1) is 18.0. The molecule has 13 heteroatoms. The van der Waals surface area contributed by atoms with Crippen LogP contribution in [0.1, 0.15) is 55.7 Å². The van der Waals surface area contributed by atoms with Crippen LogP contribution in [0.15, 0.2) is 48.3 Å². The minimum Gasteiger partial charge on any atom is -0.495 e. The van der Waals surface area contributed by atoms with Gasteiger partial charge in [0.25, 0.3) is 0 Å². The van der Waals surface area contributed by atoms with Crippen LogP contribution < -0.4 is 10.1 Å². The second kappa shape index (κ2) is 9.76. The Labute approximate surface area is 216 Å². The molecular weight excluding hydrogens is 506 g/mol. The smallest absolute Gasteiger partial charge is 0.495 e. The number of rotatable bonds is 6. The number of allylic oxidation sites excluding steroid dienone is 1. The standard InChI is InChI=1S/C25H27F4N7O2/c1-15-30-14-36(33-15)21-19(26)12-24(2,13-20(21)37-3)32-23-31-22-18(6-4-5-11-35(22)34-23)16-7-9-17(10-8-16)38-25(27,28)29/h7-10,13-14,18H,4-6,11-12H2,1-3H3,(H,32,34). The highest BCUT2D eigenvalue weighted by Crippen LogP contribution is 2.38. The van der Waals surface area contributed by atoms with Crippen LogP contribution >= 0.6 is 0 Å². The number of halogens is 4. The maximum Gasteiger partial charge on any atom is 0.573 e. The van der Waals surface area contributed by atoms with Crippen molar-refractivity contribution in [3.05, 3.63) is 65.5 Å². The fraction of sp³-hybridized carbons (Fsp3) is 0.440. The van der Waals surface area contributed by atoms with Gasteiger partial charge in [-0.15, -0.1) is 18.3 Å². The van der Waals surface area contributed by atoms with Crippen LogP contribution in [0.2, 0.25) is 0 Å². The van der Waals surface area contributed by atoms with Crippen molar-refractivity contribution in [3.63, 3.8) is 0 Å². The summed E-state index contributed by atoms with van der Waals surface area (Å²) < 4.78 is 65.7. The van der Waals surface area contributed by atoms with Gasteiger partial charge in [-0.05, 0) is 50.5 Å². The lowest BCUT2D eigenvalue weighted by atomic mass is 9.90. The van der Waals surface area contributed by atoms with Crippen molar-refractivity contribution < 1.29 is 27.0 Å². The Bertz CT molecular complexity index is 1380. The van der Waals surface area contributed by atoms with E-state index < -0.39 is 17.7 Å². The third-order valence-electron chi connectivity index (χ3n) is 6.56. The van der Waals surface area contributed by atoms with Gasteiger partial charge in [0.05, 0.1) is 12.6 Å². The van der Waals surface area contributed by atoms with Crippen LogP contribution in [-0.2, 0) is 11.3 Å². The lowest BCUT2D eigenvalue weighted by molar-refractivity contribution is -0.274. The lowest BCUT2D eigenvalue weighted by Gasteiger charge is -2.31. The minimum absolute atomic E-state index is 0.00205. The number of benzene rings is 1. The number of aryl methyl sites for hydroxylation is 2. The first-order valence-electron chi connectivity index (χ1n) is 12.2. The summed E-state index contributed by atoms with van der Waals surface area (Å²) in [5.41, 5.74) is 0.113. The molecule has 0 saturated carbocycles. The third kappa shape index (κ3) is 5.36. The summed E-state index contributed by atoms with van der Waals surface area (Å²) in [5, 5.41) is 12.1. The zero-order valence-corrected chi connectivity index (χ0v) is 21.1. The third-order valence-corrected chi connectivity index (χ3v) is 6.56. The highest BCUT2D eigenvalue weighted by Gasteiger charge is 2.36. The van der Waals surface area contributed by atoms with E-state index in [1.54, 1.807) is 25.1 Å². The van der Waals surface area contributed by atoms with E-state index in [1.165, 1.54) is 30.3 Å². The highest BCUT2D eigenvalue weighted by atomic mass is 19.4. The molecule has 38 heavy (non-hydrogen) atoms. The minimum atomic E-state index is -4.75. The van der Waals surface area contributed by atoms with E-state index >= 15 is 4.39 Å². The number of aromatic nitrogens is 6. The van der Waals surface area contributed by atoms with E-state index in [1.807, 2.05) is 11.6 Å². The molecule has 2 aliphatic rings. The van der Waals surface area contributed by atoms with Crippen molar-refractivity contribution in [2.24, 2.45) is 0 Å². The van der Waals surface area contributed by atoms with Gasteiger partial charge in [0.15, 0.2) is 0 Å². The molecule has 3 aromatic rings. The maximum absolute atomic E-state index is 15.4. The molecule has 2 atom stereocenters. The molecule has 1 aliphatic heterocycles. The van der Waals surface area contributed by atoms with Crippen molar-refractivity contribution in [3.8, 4) is 5.75 Å². The van der Waals surface area contributed by atoms with Gasteiger partial charge in [-0.1, -0.05) is 18.6 Å². The number of ether oxygens (including phenoxy) is 2. The van der Waals surface area contributed by atoms with Gasteiger partial charge in [-0.3, -0.25) is 0 Å². The molecule has 0 bridgehead atoms. The first kappa shape index (κ1) is 25.7. The number of nitrogens with zero attached hydrogens (tertiary/aromatic N) is 6. The topological polar surface area (TPSA) is 91.9 Å². The molecule has 0 saturated heterocycles. The number of methoxy groups -OCH3 is 1. The van der Waals surface area contributed by atoms with Gasteiger partial charge in [0, 0.05) is 18.9 Å². The van der Waals surface area contributed by atoms with Crippen LogP contribution in [0.4, 0.5) is 23.5 Å². The van der Waals surface area contributed by atoms with Crippen molar-refractivity contribution in [2.75, 3.05) is 12.4 Å². The van der Waals surface area contributed by atoms with E-state index in [0.717, 1.165) is 24.8 Å². The normalized spacial score (nSPS) is 22.0. The zero-order chi connectivity index (χ0) is 27.1. The predicted molar refractivity (Wildman–Crippen MR) is 130 cm³/mol. The van der Waals surface area contributed by atoms with E-state index in [-0.39, 0.29) is 23.8 Å². The molecule has 1 aliphatic carbocycles. The largest absolute Gasteiger partial charge is 0.573 e. The summed E-state index contributed by atoms with van der Waals surface area (Å²) in [5.74, 6) is 0.958. The van der Waals surface area contributed by atoms with Gasteiger partial charge in [0.2, 0.25) is 5.95 Å². The molecule has 1 aromatic carbocycles. The number of fused-ring (bicyclic) bond motifs is 1. The molecule has 202 valence electrons. The van der Waals surface area contributed by atoms with Crippen molar-refractivity contribution in [2.45, 2.75) is 63.9 Å². The second-order valence-corrected chi connectivity index (χ2v) is 9.60. The van der Waals surface area contributed by atoms with Crippen LogP contribution in [0, 0.1) is 6.92 Å². The molecule has 0 amide bonds. The zero-order valence-electron chi connectivity index (χ0n) is 21.1. The first-order valence-corrected chi connectivity index (χ1v) is 12.2. The van der Waals surface area contributed by atoms with Gasteiger partial charge in [-0.2, -0.15) is 10.1 Å². The van der Waals surface area contributed by atoms with Gasteiger partial charge < -0.3 is 14.8 Å². The monoisotopic (exact) mass is 533 g/mol. The Morgan fingerprint density at radius 1 is 1.13 bits per heavy atom. The molecule has 1 N–H and O–H groups in total. The van der Waals surface area contributed by atoms with E-state index in [0.29, 0.717) is 29.9 Å². The summed E-state index contributed by atoms with van der Waals surface area (Å²) in [6, 6.07) is 5.84. The van der Waals surface area contributed by atoms with E-state index in [2.05, 4.69) is 25.2 Å². The molecule has 2 unspecified atom stereocenters. The number of nitrogens with one attached hydrogen (secondary N) is 1. The summed E-state index contributed by atoms with van der Waals surface area (Å²) in [7, 11) is 1.46. The van der Waals surface area contributed by atoms with E-state index in [4.69, 9.17) is 9.72 Å². The summed E-state index contributed by atoms with van der Waals surface area (Å²) in [4.78, 5) is 8.81. The van der Waals surface area contributed by atoms with Crippen LogP contribution in [0.25, 0.3) is 5.70 Å². The van der Waals surface area contributed by atoms with Crippen molar-refractivity contribution in [1.82, 2.24) is 29.5 Å². The molecule has 0 spiro atoms. The van der Waals surface area contributed by atoms with Gasteiger partial charge >= 0.3 is 6.36 Å². The Balaban J connectivity index is 1.40. The maximum atomic E-state index is 15.4. The average Bonchev–Trinajstić information content (AvgIpc) is 3.38. The quantitative estimate of drug-likeness (QED) is 0.428. The van der Waals surface area contributed by atoms with Gasteiger partial charge in [0.1, 0.15) is 41.0 Å². The lowest BCUT2D eigenvalue weighted by Crippen LogP contribution is -2.36. The predicted octanol–water partition coefficient (Wildman–Crippen LogP) is 5.34. The fourth-order valence-corrected chi connectivity index (χ4v) is 4.92. The summed E-state index contributed by atoms with van der Waals surface area (Å²) in [6.07, 6.45) is 1.01. The molecule has 3 heterocycles. The highest BCUT2D eigenvalue weighted by molar-refractivity contribution is 5.66. The van der Waals surface area contributed by atoms with Crippen LogP contribution in [0.3, 0.4) is 0 Å². The molecule has 0 fully saturated rings. The Hall–Kier alpha value is -3.90. The Morgan fingerprint density at radius 3 is 2.55 bits per heavy atom. The summed E-state index contributed by atoms with van der Waals surface area (Å²) in [6.45, 7) is 4.18. The average molecular weight is 534 g/mol. The summed E-state index contributed by atoms with van der Waals surface area (Å²) >= 11 is 0. The second-order valence-electron chi connectivity index (χ2n) is 9.60. The molecule has 2 aromatic heterocycles. The van der Waals surface area contributed by atoms with Crippen molar-refractivity contribution >= 4 is 11.6 Å². The Kier molecular flexibility index (Phi) is 6.61. The number of hydrogen-bond donors (Lipinski definition) is 1. The molecule has 5 rings (SSSR count). The van der Waals surface area contributed by atoms with E-state index in [9.17, 15) is 13.2 Å². The molecular formula is C25H27F4N7O2. The van der Waals surface area contributed by atoms with Crippen molar-refractivity contribution in [1.29, 1.82) is 0 Å². The SMILES string of the molecule is COC1=CC(C)(Nc2nc3n(n2)CCCCC3c2ccc(OC(F)(F)F)cc2)CC(F)=C1n1cnc(C)n1. The number of anilines is 1.